The molecule has 0 amide bonds. The number of alkyl halides is 1. The summed E-state index contributed by atoms with van der Waals surface area (Å²) in [4.78, 5) is 0. The van der Waals surface area contributed by atoms with Crippen molar-refractivity contribution in [1.82, 2.24) is 5.32 Å². The molecule has 0 fully saturated rings. The van der Waals surface area contributed by atoms with Crippen molar-refractivity contribution in [3.63, 3.8) is 0 Å². The van der Waals surface area contributed by atoms with Gasteiger partial charge in [-0.05, 0) is 68.3 Å². The Balaban J connectivity index is 1.81. The molecule has 1 aromatic carbocycles. The first-order valence-corrected chi connectivity index (χ1v) is 7.31. The molecule has 2 rings (SSSR count). The van der Waals surface area contributed by atoms with Crippen LogP contribution in [-0.4, -0.2) is 19.0 Å². The molecule has 0 radical (unpaired) electrons. The van der Waals surface area contributed by atoms with Crippen molar-refractivity contribution in [1.29, 1.82) is 0 Å². The molecule has 0 spiro atoms. The van der Waals surface area contributed by atoms with E-state index in [0.717, 1.165) is 31.8 Å². The zero-order valence-electron chi connectivity index (χ0n) is 10.5. The molecule has 2 heteroatoms. The first-order chi connectivity index (χ1) is 8.40. The Morgan fingerprint density at radius 3 is 2.71 bits per heavy atom. The van der Waals surface area contributed by atoms with E-state index in [2.05, 4.69) is 23.5 Å². The maximum absolute atomic E-state index is 5.64. The van der Waals surface area contributed by atoms with Gasteiger partial charge in [-0.15, -0.1) is 11.6 Å². The number of fused-ring (bicyclic) bond motifs is 1. The molecule has 0 aliphatic heterocycles. The normalized spacial score (nSPS) is 14.6. The van der Waals surface area contributed by atoms with E-state index in [-0.39, 0.29) is 0 Å². The molecule has 1 aliphatic rings. The van der Waals surface area contributed by atoms with E-state index in [4.69, 9.17) is 11.6 Å². The van der Waals surface area contributed by atoms with Crippen molar-refractivity contribution in [3.8, 4) is 0 Å². The van der Waals surface area contributed by atoms with Crippen LogP contribution in [0, 0.1) is 0 Å². The minimum absolute atomic E-state index is 0.756. The van der Waals surface area contributed by atoms with Crippen molar-refractivity contribution in [2.45, 2.75) is 38.5 Å². The largest absolute Gasteiger partial charge is 0.316 e. The Morgan fingerprint density at radius 2 is 1.88 bits per heavy atom. The third-order valence-electron chi connectivity index (χ3n) is 3.49. The highest BCUT2D eigenvalue weighted by atomic mass is 35.5. The summed E-state index contributed by atoms with van der Waals surface area (Å²) in [7, 11) is 0. The van der Waals surface area contributed by atoms with Crippen LogP contribution in [0.15, 0.2) is 18.2 Å². The van der Waals surface area contributed by atoms with E-state index in [1.807, 2.05) is 0 Å². The number of rotatable bonds is 6. The van der Waals surface area contributed by atoms with E-state index in [0.29, 0.717) is 0 Å². The quantitative estimate of drug-likeness (QED) is 0.604. The fraction of sp³-hybridized carbons (Fsp3) is 0.600. The highest BCUT2D eigenvalue weighted by molar-refractivity contribution is 6.17. The molecular weight excluding hydrogens is 230 g/mol. The van der Waals surface area contributed by atoms with E-state index < -0.39 is 0 Å². The second kappa shape index (κ2) is 7.03. The molecule has 0 heterocycles. The molecular formula is C15H22ClN. The number of hydrogen-bond acceptors (Lipinski definition) is 1. The van der Waals surface area contributed by atoms with Crippen molar-refractivity contribution >= 4 is 11.6 Å². The van der Waals surface area contributed by atoms with E-state index >= 15 is 0 Å². The molecule has 1 aromatic rings. The van der Waals surface area contributed by atoms with Gasteiger partial charge >= 0.3 is 0 Å². The van der Waals surface area contributed by atoms with Crippen LogP contribution in [0.5, 0.6) is 0 Å². The van der Waals surface area contributed by atoms with Crippen LogP contribution in [0.3, 0.4) is 0 Å². The smallest absolute Gasteiger partial charge is 0.0235 e. The second-order valence-corrected chi connectivity index (χ2v) is 5.23. The van der Waals surface area contributed by atoms with Crippen LogP contribution in [-0.2, 0) is 19.3 Å². The summed E-state index contributed by atoms with van der Waals surface area (Å²) >= 11 is 5.64. The lowest BCUT2D eigenvalue weighted by molar-refractivity contribution is 0.667. The molecule has 94 valence electrons. The van der Waals surface area contributed by atoms with Crippen LogP contribution in [0.4, 0.5) is 0 Å². The van der Waals surface area contributed by atoms with Gasteiger partial charge in [0.05, 0.1) is 0 Å². The van der Waals surface area contributed by atoms with Gasteiger partial charge in [0.25, 0.3) is 0 Å². The summed E-state index contributed by atoms with van der Waals surface area (Å²) in [6.45, 7) is 2.10. The summed E-state index contributed by atoms with van der Waals surface area (Å²) in [6.07, 6.45) is 7.49. The molecule has 0 bridgehead atoms. The first-order valence-electron chi connectivity index (χ1n) is 6.77. The third-order valence-corrected chi connectivity index (χ3v) is 3.76. The molecule has 1 nitrogen and oxygen atoms in total. The fourth-order valence-electron chi connectivity index (χ4n) is 2.49. The topological polar surface area (TPSA) is 12.0 Å². The third kappa shape index (κ3) is 4.01. The van der Waals surface area contributed by atoms with Crippen LogP contribution >= 0.6 is 11.6 Å². The van der Waals surface area contributed by atoms with Crippen molar-refractivity contribution in [2.75, 3.05) is 19.0 Å². The Morgan fingerprint density at radius 1 is 1.06 bits per heavy atom. The first kappa shape index (κ1) is 12.9. The number of nitrogens with one attached hydrogen (secondary N) is 1. The fourth-order valence-corrected chi connectivity index (χ4v) is 2.63. The Labute approximate surface area is 110 Å². The Hall–Kier alpha value is -0.530. The summed E-state index contributed by atoms with van der Waals surface area (Å²) in [5.74, 6) is 0.756. The van der Waals surface area contributed by atoms with Gasteiger partial charge in [0.1, 0.15) is 0 Å². The molecule has 0 saturated carbocycles. The standard InChI is InChI=1S/C15H22ClN/c16-9-3-10-17-11-8-13-6-7-14-4-1-2-5-15(14)12-13/h6-7,12,17H,1-5,8-11H2. The summed E-state index contributed by atoms with van der Waals surface area (Å²) in [5.41, 5.74) is 4.65. The van der Waals surface area contributed by atoms with E-state index in [1.165, 1.54) is 31.2 Å². The molecule has 0 aromatic heterocycles. The van der Waals surface area contributed by atoms with Gasteiger partial charge in [0.2, 0.25) is 0 Å². The van der Waals surface area contributed by atoms with Gasteiger partial charge in [0.15, 0.2) is 0 Å². The zero-order chi connectivity index (χ0) is 11.9. The predicted octanol–water partition coefficient (Wildman–Crippen LogP) is 3.33. The van der Waals surface area contributed by atoms with Crippen molar-refractivity contribution in [2.24, 2.45) is 0 Å². The zero-order valence-corrected chi connectivity index (χ0v) is 11.2. The lowest BCUT2D eigenvalue weighted by atomic mass is 9.90. The summed E-state index contributed by atoms with van der Waals surface area (Å²) in [6, 6.07) is 7.05. The minimum Gasteiger partial charge on any atom is -0.316 e. The lowest BCUT2D eigenvalue weighted by Gasteiger charge is -2.16. The van der Waals surface area contributed by atoms with Gasteiger partial charge in [0, 0.05) is 5.88 Å². The van der Waals surface area contributed by atoms with Gasteiger partial charge < -0.3 is 5.32 Å². The highest BCUT2D eigenvalue weighted by Crippen LogP contribution is 2.22. The van der Waals surface area contributed by atoms with Crippen LogP contribution in [0.25, 0.3) is 0 Å². The maximum Gasteiger partial charge on any atom is 0.0235 e. The maximum atomic E-state index is 5.64. The average Bonchev–Trinajstić information content (AvgIpc) is 2.38. The van der Waals surface area contributed by atoms with Crippen LogP contribution in [0.1, 0.15) is 36.0 Å². The minimum atomic E-state index is 0.756. The number of aryl methyl sites for hydroxylation is 2. The number of halogens is 1. The van der Waals surface area contributed by atoms with Crippen molar-refractivity contribution < 1.29 is 0 Å². The van der Waals surface area contributed by atoms with Crippen molar-refractivity contribution in [3.05, 3.63) is 34.9 Å². The predicted molar refractivity (Wildman–Crippen MR) is 75.0 cm³/mol. The van der Waals surface area contributed by atoms with Crippen LogP contribution in [0.2, 0.25) is 0 Å². The molecule has 1 aliphatic carbocycles. The summed E-state index contributed by atoms with van der Waals surface area (Å²) in [5, 5.41) is 3.43. The average molecular weight is 252 g/mol. The van der Waals surface area contributed by atoms with Gasteiger partial charge in [-0.25, -0.2) is 0 Å². The number of benzene rings is 1. The molecule has 0 atom stereocenters. The SMILES string of the molecule is ClCCCNCCc1ccc2c(c1)CCCC2. The Bertz CT molecular complexity index is 349. The molecule has 17 heavy (non-hydrogen) atoms. The Kier molecular flexibility index (Phi) is 5.34. The molecule has 1 N–H and O–H groups in total. The highest BCUT2D eigenvalue weighted by Gasteiger charge is 2.08. The second-order valence-electron chi connectivity index (χ2n) is 4.85. The lowest BCUT2D eigenvalue weighted by Crippen LogP contribution is -2.19. The van der Waals surface area contributed by atoms with Crippen LogP contribution < -0.4 is 5.32 Å². The molecule has 0 unspecified atom stereocenters. The summed E-state index contributed by atoms with van der Waals surface area (Å²) < 4.78 is 0. The van der Waals surface area contributed by atoms with E-state index in [1.54, 1.807) is 11.1 Å². The monoisotopic (exact) mass is 251 g/mol. The van der Waals surface area contributed by atoms with Gasteiger partial charge in [-0.3, -0.25) is 0 Å². The van der Waals surface area contributed by atoms with Gasteiger partial charge in [-0.2, -0.15) is 0 Å². The van der Waals surface area contributed by atoms with Gasteiger partial charge in [-0.1, -0.05) is 18.2 Å². The molecule has 0 saturated heterocycles. The van der Waals surface area contributed by atoms with E-state index in [9.17, 15) is 0 Å². The number of hydrogen-bond donors (Lipinski definition) is 1.